The zero-order valence-corrected chi connectivity index (χ0v) is 30.4. The van der Waals surface area contributed by atoms with Crippen LogP contribution >= 0.6 is 23.1 Å². The molecule has 2 aromatic heterocycles. The van der Waals surface area contributed by atoms with Crippen molar-refractivity contribution in [2.45, 2.75) is 32.2 Å². The van der Waals surface area contributed by atoms with E-state index in [1.807, 2.05) is 30.5 Å². The number of piperidine rings is 1. The Morgan fingerprint density at radius 2 is 1.79 bits per heavy atom. The molecule has 0 atom stereocenters. The molecule has 2 N–H and O–H groups in total. The Balaban J connectivity index is 1.21. The predicted molar refractivity (Wildman–Crippen MR) is 196 cm³/mol. The van der Waals surface area contributed by atoms with Crippen LogP contribution in [0.15, 0.2) is 59.5 Å². The van der Waals surface area contributed by atoms with E-state index >= 15 is 0 Å². The van der Waals surface area contributed by atoms with Crippen LogP contribution in [0, 0.1) is 0 Å². The standard InChI is InChI=1S/C34H45BrN9O2P/c1-6-24-20-29(31(46-3)22-30(24)43-14-10-25(11-15-43)42-18-16-41(2)17-19-42)39-34-36-23-27(35)33(40-34)38-28-9-8-26(44-13-7-12-37-44)21-32(28)47(4,5)45/h7-9,12-13,20-23,25H,6,10-11,14-19H2,1-5H3,(H2,36,38,39,40). The van der Waals surface area contributed by atoms with Gasteiger partial charge in [-0.15, -0.1) is 0 Å². The third-order valence-electron chi connectivity index (χ3n) is 9.22. The fraction of sp³-hybridized carbons (Fsp3) is 0.441. The van der Waals surface area contributed by atoms with Crippen molar-refractivity contribution < 1.29 is 9.30 Å². The average molecular weight is 723 g/mol. The monoisotopic (exact) mass is 721 g/mol. The number of piperazine rings is 1. The highest BCUT2D eigenvalue weighted by Crippen LogP contribution is 2.40. The maximum atomic E-state index is 13.4. The van der Waals surface area contributed by atoms with Gasteiger partial charge in [0, 0.05) is 81.0 Å². The van der Waals surface area contributed by atoms with Gasteiger partial charge in [0.05, 0.1) is 28.6 Å². The van der Waals surface area contributed by atoms with Gasteiger partial charge in [-0.3, -0.25) is 4.90 Å². The van der Waals surface area contributed by atoms with E-state index in [1.165, 1.54) is 37.2 Å². The van der Waals surface area contributed by atoms with E-state index < -0.39 is 7.14 Å². The second kappa shape index (κ2) is 14.4. The molecule has 0 radical (unpaired) electrons. The van der Waals surface area contributed by atoms with Crippen molar-refractivity contribution in [3.63, 3.8) is 0 Å². The summed E-state index contributed by atoms with van der Waals surface area (Å²) in [7, 11) is 1.26. The van der Waals surface area contributed by atoms with Crippen molar-refractivity contribution >= 4 is 57.2 Å². The van der Waals surface area contributed by atoms with Gasteiger partial charge in [0.25, 0.3) is 0 Å². The minimum atomic E-state index is -2.66. The van der Waals surface area contributed by atoms with E-state index in [-0.39, 0.29) is 0 Å². The molecule has 0 saturated carbocycles. The quantitative estimate of drug-likeness (QED) is 0.191. The fourth-order valence-electron chi connectivity index (χ4n) is 6.52. The third kappa shape index (κ3) is 7.67. The lowest BCUT2D eigenvalue weighted by atomic mass is 9.99. The average Bonchev–Trinajstić information content (AvgIpc) is 3.61. The Labute approximate surface area is 286 Å². The summed E-state index contributed by atoms with van der Waals surface area (Å²) in [6.07, 6.45) is 8.54. The van der Waals surface area contributed by atoms with Gasteiger partial charge >= 0.3 is 0 Å². The lowest BCUT2D eigenvalue weighted by Crippen LogP contribution is -2.52. The highest BCUT2D eigenvalue weighted by atomic mass is 79.9. The van der Waals surface area contributed by atoms with Crippen molar-refractivity contribution in [2.24, 2.45) is 0 Å². The normalized spacial score (nSPS) is 16.8. The summed E-state index contributed by atoms with van der Waals surface area (Å²) in [4.78, 5) is 17.0. The molecule has 2 aliphatic rings. The Morgan fingerprint density at radius 3 is 2.45 bits per heavy atom. The molecule has 13 heteroatoms. The molecule has 0 spiro atoms. The maximum Gasteiger partial charge on any atom is 0.229 e. The first kappa shape index (κ1) is 33.5. The van der Waals surface area contributed by atoms with E-state index in [0.29, 0.717) is 33.3 Å². The van der Waals surface area contributed by atoms with Crippen LogP contribution in [0.3, 0.4) is 0 Å². The van der Waals surface area contributed by atoms with Crippen LogP contribution in [-0.2, 0) is 11.0 Å². The topological polar surface area (TPSA) is 104 Å². The number of likely N-dealkylation sites (N-methyl/N-ethyl adjacent to an activating group) is 1. The highest BCUT2D eigenvalue weighted by Gasteiger charge is 2.28. The molecule has 47 heavy (non-hydrogen) atoms. The van der Waals surface area contributed by atoms with Crippen molar-refractivity contribution in [2.75, 3.05) is 82.3 Å². The molecule has 11 nitrogen and oxygen atoms in total. The van der Waals surface area contributed by atoms with Gasteiger partial charge in [-0.25, -0.2) is 9.67 Å². The lowest BCUT2D eigenvalue weighted by Gasteiger charge is -2.43. The van der Waals surface area contributed by atoms with E-state index in [9.17, 15) is 4.57 Å². The van der Waals surface area contributed by atoms with Crippen LogP contribution in [0.25, 0.3) is 5.69 Å². The number of hydrogen-bond acceptors (Lipinski definition) is 10. The minimum Gasteiger partial charge on any atom is -0.494 e. The molecule has 0 unspecified atom stereocenters. The number of aryl methyl sites for hydroxylation is 1. The van der Waals surface area contributed by atoms with Gasteiger partial charge in [0.2, 0.25) is 5.95 Å². The molecule has 2 saturated heterocycles. The Morgan fingerprint density at radius 1 is 1.02 bits per heavy atom. The second-order valence-corrected chi connectivity index (χ2v) is 16.8. The van der Waals surface area contributed by atoms with Crippen molar-refractivity contribution in [3.8, 4) is 11.4 Å². The van der Waals surface area contributed by atoms with Gasteiger partial charge < -0.3 is 29.7 Å². The summed E-state index contributed by atoms with van der Waals surface area (Å²) in [6.45, 7) is 12.5. The molecule has 0 aliphatic carbocycles. The number of aromatic nitrogens is 4. The molecule has 4 aromatic rings. The van der Waals surface area contributed by atoms with Crippen LogP contribution in [0.5, 0.6) is 5.75 Å². The number of methoxy groups -OCH3 is 1. The number of benzene rings is 2. The zero-order chi connectivity index (χ0) is 33.1. The van der Waals surface area contributed by atoms with E-state index in [0.717, 1.165) is 49.7 Å². The van der Waals surface area contributed by atoms with E-state index in [4.69, 9.17) is 9.72 Å². The van der Waals surface area contributed by atoms with Gasteiger partial charge in [-0.1, -0.05) is 6.92 Å². The van der Waals surface area contributed by atoms with Gasteiger partial charge in [-0.2, -0.15) is 10.1 Å². The molecule has 2 fully saturated rings. The maximum absolute atomic E-state index is 13.4. The summed E-state index contributed by atoms with van der Waals surface area (Å²) in [5.74, 6) is 1.72. The predicted octanol–water partition coefficient (Wildman–Crippen LogP) is 5.95. The highest BCUT2D eigenvalue weighted by molar-refractivity contribution is 9.10. The van der Waals surface area contributed by atoms with E-state index in [1.54, 1.807) is 37.5 Å². The molecular formula is C34H45BrN9O2P. The number of ether oxygens (including phenoxy) is 1. The second-order valence-electron chi connectivity index (χ2n) is 12.7. The summed E-state index contributed by atoms with van der Waals surface area (Å²) in [5.41, 5.74) is 4.85. The Hall–Kier alpha value is -3.44. The van der Waals surface area contributed by atoms with Gasteiger partial charge in [0.15, 0.2) is 0 Å². The Kier molecular flexibility index (Phi) is 10.2. The first-order valence-electron chi connectivity index (χ1n) is 16.3. The molecule has 2 aromatic carbocycles. The SMILES string of the molecule is CCc1cc(Nc2ncc(Br)c(Nc3ccc(-n4cccn4)cc3P(C)(C)=O)n2)c(OC)cc1N1CCC(N2CCN(C)CC2)CC1. The fourth-order valence-corrected chi connectivity index (χ4v) is 7.96. The number of halogens is 1. The molecule has 0 amide bonds. The number of rotatable bonds is 10. The number of nitrogens with zero attached hydrogens (tertiary/aromatic N) is 7. The van der Waals surface area contributed by atoms with Crippen LogP contribution in [-0.4, -0.2) is 102 Å². The van der Waals surface area contributed by atoms with Crippen molar-refractivity contribution in [1.29, 1.82) is 0 Å². The summed E-state index contributed by atoms with van der Waals surface area (Å²) >= 11 is 3.60. The summed E-state index contributed by atoms with van der Waals surface area (Å²) in [6, 6.07) is 12.6. The number of hydrogen-bond donors (Lipinski definition) is 2. The number of nitrogens with one attached hydrogen (secondary N) is 2. The smallest absolute Gasteiger partial charge is 0.229 e. The Bertz CT molecular complexity index is 1730. The first-order valence-corrected chi connectivity index (χ1v) is 19.7. The van der Waals surface area contributed by atoms with Gasteiger partial charge in [0.1, 0.15) is 18.7 Å². The van der Waals surface area contributed by atoms with Crippen LogP contribution in [0.2, 0.25) is 0 Å². The van der Waals surface area contributed by atoms with E-state index in [2.05, 4.69) is 77.5 Å². The third-order valence-corrected chi connectivity index (χ3v) is 11.3. The molecule has 6 rings (SSSR count). The summed E-state index contributed by atoms with van der Waals surface area (Å²) in [5, 5.41) is 11.8. The minimum absolute atomic E-state index is 0.419. The summed E-state index contributed by atoms with van der Waals surface area (Å²) < 4.78 is 21.7. The lowest BCUT2D eigenvalue weighted by molar-refractivity contribution is 0.0982. The van der Waals surface area contributed by atoms with Crippen molar-refractivity contribution in [1.82, 2.24) is 29.5 Å². The van der Waals surface area contributed by atoms with Crippen LogP contribution in [0.1, 0.15) is 25.3 Å². The van der Waals surface area contributed by atoms with Gasteiger partial charge in [-0.05, 0) is 91.5 Å². The molecule has 0 bridgehead atoms. The van der Waals surface area contributed by atoms with Crippen molar-refractivity contribution in [3.05, 3.63) is 65.0 Å². The first-order chi connectivity index (χ1) is 22.6. The van der Waals surface area contributed by atoms with Crippen LogP contribution in [0.4, 0.5) is 28.8 Å². The largest absolute Gasteiger partial charge is 0.494 e. The molecule has 250 valence electrons. The molecular weight excluding hydrogens is 677 g/mol. The van der Waals surface area contributed by atoms with Crippen LogP contribution < -0.4 is 25.6 Å². The molecule has 4 heterocycles. The molecule has 2 aliphatic heterocycles. The number of anilines is 5. The zero-order valence-electron chi connectivity index (χ0n) is 27.9.